The summed E-state index contributed by atoms with van der Waals surface area (Å²) in [5.41, 5.74) is 2.07. The number of nitrogens with one attached hydrogen (secondary N) is 2. The van der Waals surface area contributed by atoms with Crippen molar-refractivity contribution in [1.29, 1.82) is 0 Å². The van der Waals surface area contributed by atoms with E-state index in [2.05, 4.69) is 30.2 Å². The van der Waals surface area contributed by atoms with Gasteiger partial charge in [-0.2, -0.15) is 0 Å². The maximum Gasteiger partial charge on any atom is 0.229 e. The predicted octanol–water partition coefficient (Wildman–Crippen LogP) is 2.23. The number of piperidine rings is 1. The van der Waals surface area contributed by atoms with Gasteiger partial charge in [0.25, 0.3) is 0 Å². The molecule has 146 valence electrons. The number of methoxy groups -OCH3 is 2. The van der Waals surface area contributed by atoms with Crippen molar-refractivity contribution < 1.29 is 14.3 Å². The van der Waals surface area contributed by atoms with Gasteiger partial charge in [0.1, 0.15) is 23.3 Å². The average Bonchev–Trinajstić information content (AvgIpc) is 3.22. The van der Waals surface area contributed by atoms with Crippen LogP contribution in [0.15, 0.2) is 30.9 Å². The summed E-state index contributed by atoms with van der Waals surface area (Å²) in [5.74, 6) is 1.85. The number of carbonyl (C=O) groups excluding carboxylic acids is 1. The fourth-order valence-electron chi connectivity index (χ4n) is 3.50. The molecule has 1 aliphatic rings. The number of aromatic nitrogens is 4. The van der Waals surface area contributed by atoms with Crippen LogP contribution >= 0.6 is 0 Å². The van der Waals surface area contributed by atoms with Gasteiger partial charge in [-0.3, -0.25) is 4.79 Å². The number of aromatic amines is 1. The van der Waals surface area contributed by atoms with Crippen molar-refractivity contribution in [3.63, 3.8) is 0 Å². The molecule has 0 saturated carbocycles. The maximum absolute atomic E-state index is 12.9. The Bertz CT molecular complexity index is 966. The van der Waals surface area contributed by atoms with Crippen LogP contribution in [0.3, 0.4) is 0 Å². The van der Waals surface area contributed by atoms with Crippen molar-refractivity contribution in [1.82, 2.24) is 19.9 Å². The van der Waals surface area contributed by atoms with E-state index >= 15 is 0 Å². The molecule has 0 spiro atoms. The minimum atomic E-state index is -0.154. The van der Waals surface area contributed by atoms with Gasteiger partial charge in [-0.25, -0.2) is 15.0 Å². The van der Waals surface area contributed by atoms with Crippen molar-refractivity contribution in [2.75, 3.05) is 37.5 Å². The van der Waals surface area contributed by atoms with E-state index in [4.69, 9.17) is 9.47 Å². The van der Waals surface area contributed by atoms with Crippen molar-refractivity contribution in [3.8, 4) is 11.5 Å². The molecular formula is C19H22N6O3. The molecule has 0 bridgehead atoms. The van der Waals surface area contributed by atoms with E-state index in [1.54, 1.807) is 38.7 Å². The number of benzene rings is 1. The smallest absolute Gasteiger partial charge is 0.229 e. The summed E-state index contributed by atoms with van der Waals surface area (Å²) >= 11 is 0. The highest BCUT2D eigenvalue weighted by atomic mass is 16.5. The third-order valence-corrected chi connectivity index (χ3v) is 4.91. The maximum atomic E-state index is 12.9. The Morgan fingerprint density at radius 3 is 2.71 bits per heavy atom. The topological polar surface area (TPSA) is 105 Å². The van der Waals surface area contributed by atoms with Crippen LogP contribution in [0.1, 0.15) is 12.8 Å². The molecule has 1 aliphatic heterocycles. The number of hydrogen-bond acceptors (Lipinski definition) is 7. The molecule has 2 N–H and O–H groups in total. The van der Waals surface area contributed by atoms with Crippen LogP contribution in [0.4, 0.5) is 11.5 Å². The summed E-state index contributed by atoms with van der Waals surface area (Å²) in [6.45, 7) is 1.42. The largest absolute Gasteiger partial charge is 0.497 e. The highest BCUT2D eigenvalue weighted by Gasteiger charge is 2.28. The van der Waals surface area contributed by atoms with Gasteiger partial charge in [0.2, 0.25) is 5.91 Å². The van der Waals surface area contributed by atoms with Gasteiger partial charge in [0.05, 0.1) is 26.5 Å². The normalized spacial score (nSPS) is 16.8. The Kier molecular flexibility index (Phi) is 4.96. The SMILES string of the molecule is COc1cc(NC(=O)C2CCCN(c3ncnc4nc[nH]c34)C2)cc(OC)c1. The highest BCUT2D eigenvalue weighted by molar-refractivity contribution is 5.93. The van der Waals surface area contributed by atoms with E-state index in [0.29, 0.717) is 29.4 Å². The Balaban J connectivity index is 1.50. The first-order valence-electron chi connectivity index (χ1n) is 9.11. The molecule has 1 unspecified atom stereocenters. The standard InChI is InChI=1S/C19H22N6O3/c1-27-14-6-13(7-15(8-14)28-2)24-19(26)12-4-3-5-25(9-12)18-16-17(21-10-20-16)22-11-23-18/h6-8,10-12H,3-5,9H2,1-2H3,(H,24,26)(H,20,21,22,23). The Labute approximate surface area is 162 Å². The summed E-state index contributed by atoms with van der Waals surface area (Å²) in [6.07, 6.45) is 4.83. The Morgan fingerprint density at radius 1 is 1.18 bits per heavy atom. The number of fused-ring (bicyclic) bond motifs is 1. The highest BCUT2D eigenvalue weighted by Crippen LogP contribution is 2.29. The summed E-state index contributed by atoms with van der Waals surface area (Å²) in [7, 11) is 3.16. The van der Waals surface area contributed by atoms with E-state index in [9.17, 15) is 4.79 Å². The first-order valence-corrected chi connectivity index (χ1v) is 9.11. The fourth-order valence-corrected chi connectivity index (χ4v) is 3.50. The molecule has 1 amide bonds. The minimum Gasteiger partial charge on any atom is -0.497 e. The molecule has 9 heteroatoms. The monoisotopic (exact) mass is 382 g/mol. The van der Waals surface area contributed by atoms with Gasteiger partial charge in [0, 0.05) is 37.0 Å². The van der Waals surface area contributed by atoms with E-state index in [0.717, 1.165) is 30.7 Å². The van der Waals surface area contributed by atoms with Crippen molar-refractivity contribution in [2.24, 2.45) is 5.92 Å². The van der Waals surface area contributed by atoms with Crippen LogP contribution < -0.4 is 19.7 Å². The first kappa shape index (κ1) is 18.0. The van der Waals surface area contributed by atoms with Crippen LogP contribution in [0.25, 0.3) is 11.2 Å². The third-order valence-electron chi connectivity index (χ3n) is 4.91. The molecular weight excluding hydrogens is 360 g/mol. The summed E-state index contributed by atoms with van der Waals surface area (Å²) in [6, 6.07) is 5.32. The number of H-pyrrole nitrogens is 1. The second-order valence-electron chi connectivity index (χ2n) is 6.67. The molecule has 3 aromatic rings. The zero-order valence-electron chi connectivity index (χ0n) is 15.8. The zero-order chi connectivity index (χ0) is 19.5. The number of amides is 1. The molecule has 1 fully saturated rings. The van der Waals surface area contributed by atoms with Crippen molar-refractivity contribution in [3.05, 3.63) is 30.9 Å². The molecule has 0 aliphatic carbocycles. The average molecular weight is 382 g/mol. The van der Waals surface area contributed by atoms with Crippen LogP contribution in [-0.2, 0) is 4.79 Å². The third kappa shape index (κ3) is 3.55. The lowest BCUT2D eigenvalue weighted by Gasteiger charge is -2.32. The van der Waals surface area contributed by atoms with Crippen molar-refractivity contribution in [2.45, 2.75) is 12.8 Å². The predicted molar refractivity (Wildman–Crippen MR) is 105 cm³/mol. The van der Waals surface area contributed by atoms with Gasteiger partial charge in [-0.1, -0.05) is 0 Å². The minimum absolute atomic E-state index is 0.0325. The van der Waals surface area contributed by atoms with Gasteiger partial charge in [0.15, 0.2) is 11.5 Å². The van der Waals surface area contributed by atoms with Crippen LogP contribution in [0.5, 0.6) is 11.5 Å². The van der Waals surface area contributed by atoms with Gasteiger partial charge in [-0.05, 0) is 12.8 Å². The zero-order valence-corrected chi connectivity index (χ0v) is 15.8. The number of ether oxygens (including phenoxy) is 2. The second kappa shape index (κ2) is 7.71. The molecule has 3 heterocycles. The number of nitrogens with zero attached hydrogens (tertiary/aromatic N) is 4. The lowest BCUT2D eigenvalue weighted by Crippen LogP contribution is -2.41. The Morgan fingerprint density at radius 2 is 1.96 bits per heavy atom. The Hall–Kier alpha value is -3.36. The second-order valence-corrected chi connectivity index (χ2v) is 6.67. The number of imidazole rings is 1. The van der Waals surface area contributed by atoms with Gasteiger partial charge < -0.3 is 24.7 Å². The molecule has 1 aromatic carbocycles. The van der Waals surface area contributed by atoms with Crippen LogP contribution in [0.2, 0.25) is 0 Å². The number of hydrogen-bond donors (Lipinski definition) is 2. The van der Waals surface area contributed by atoms with Gasteiger partial charge in [-0.15, -0.1) is 0 Å². The molecule has 2 aromatic heterocycles. The summed E-state index contributed by atoms with van der Waals surface area (Å²) in [5, 5.41) is 2.99. The lowest BCUT2D eigenvalue weighted by atomic mass is 9.97. The summed E-state index contributed by atoms with van der Waals surface area (Å²) < 4.78 is 10.5. The van der Waals surface area contributed by atoms with Gasteiger partial charge >= 0.3 is 0 Å². The quantitative estimate of drug-likeness (QED) is 0.697. The number of carbonyl (C=O) groups is 1. The van der Waals surface area contributed by atoms with E-state index < -0.39 is 0 Å². The van der Waals surface area contributed by atoms with E-state index in [-0.39, 0.29) is 11.8 Å². The van der Waals surface area contributed by atoms with E-state index in [1.807, 2.05) is 0 Å². The van der Waals surface area contributed by atoms with Crippen molar-refractivity contribution >= 4 is 28.6 Å². The molecule has 1 atom stereocenters. The molecule has 1 saturated heterocycles. The summed E-state index contributed by atoms with van der Waals surface area (Å²) in [4.78, 5) is 30.8. The van der Waals surface area contributed by atoms with E-state index in [1.165, 1.54) is 6.33 Å². The number of anilines is 2. The van der Waals surface area contributed by atoms with Crippen LogP contribution in [-0.4, -0.2) is 53.2 Å². The first-order chi connectivity index (χ1) is 13.7. The lowest BCUT2D eigenvalue weighted by molar-refractivity contribution is -0.120. The fraction of sp³-hybridized carbons (Fsp3) is 0.368. The molecule has 28 heavy (non-hydrogen) atoms. The molecule has 0 radical (unpaired) electrons. The molecule has 4 rings (SSSR count). The molecule has 9 nitrogen and oxygen atoms in total. The number of rotatable bonds is 5. The van der Waals surface area contributed by atoms with Crippen LogP contribution in [0, 0.1) is 5.92 Å².